The molecular weight excluding hydrogens is 258 g/mol. The van der Waals surface area contributed by atoms with Crippen molar-refractivity contribution < 1.29 is 19.4 Å². The van der Waals surface area contributed by atoms with Gasteiger partial charge in [-0.1, -0.05) is 25.5 Å². The molecule has 0 aliphatic carbocycles. The average Bonchev–Trinajstić information content (AvgIpc) is 2.45. The first-order valence-electron chi connectivity index (χ1n) is 6.72. The van der Waals surface area contributed by atoms with E-state index in [-0.39, 0.29) is 12.3 Å². The fourth-order valence-electron chi connectivity index (χ4n) is 1.86. The summed E-state index contributed by atoms with van der Waals surface area (Å²) in [6, 6.07) is 6.68. The monoisotopic (exact) mass is 279 g/mol. The Morgan fingerprint density at radius 2 is 1.95 bits per heavy atom. The molecule has 0 radical (unpaired) electrons. The van der Waals surface area contributed by atoms with Crippen LogP contribution in [0.15, 0.2) is 24.3 Å². The molecule has 5 heteroatoms. The molecule has 0 spiro atoms. The number of aryl methyl sites for hydroxylation is 1. The second-order valence-corrected chi connectivity index (χ2v) is 4.60. The van der Waals surface area contributed by atoms with Crippen molar-refractivity contribution in [3.05, 3.63) is 29.8 Å². The van der Waals surface area contributed by atoms with Crippen LogP contribution in [0.3, 0.4) is 0 Å². The van der Waals surface area contributed by atoms with Crippen LogP contribution in [0, 0.1) is 0 Å². The average molecular weight is 279 g/mol. The van der Waals surface area contributed by atoms with Crippen molar-refractivity contribution in [2.45, 2.75) is 38.6 Å². The number of hydrogen-bond donors (Lipinski definition) is 2. The fraction of sp³-hybridized carbons (Fsp3) is 0.467. The van der Waals surface area contributed by atoms with Crippen molar-refractivity contribution in [2.24, 2.45) is 0 Å². The minimum atomic E-state index is -0.982. The molecule has 2 N–H and O–H groups in total. The number of rotatable bonds is 8. The zero-order valence-electron chi connectivity index (χ0n) is 11.9. The summed E-state index contributed by atoms with van der Waals surface area (Å²) >= 11 is 0. The smallest absolute Gasteiger partial charge is 0.326 e. The lowest BCUT2D eigenvalue weighted by molar-refractivity contribution is -0.142. The second kappa shape index (κ2) is 8.19. The second-order valence-electron chi connectivity index (χ2n) is 4.60. The number of carbonyl (C=O) groups is 2. The summed E-state index contributed by atoms with van der Waals surface area (Å²) in [5.41, 5.74) is 1.02. The maximum Gasteiger partial charge on any atom is 0.326 e. The molecule has 0 bridgehead atoms. The maximum atomic E-state index is 11.7. The molecule has 1 amide bonds. The van der Waals surface area contributed by atoms with Crippen molar-refractivity contribution in [2.75, 3.05) is 7.11 Å². The number of nitrogens with one attached hydrogen (secondary N) is 1. The number of carboxylic acids is 1. The molecule has 1 unspecified atom stereocenters. The molecule has 0 fully saturated rings. The van der Waals surface area contributed by atoms with Crippen molar-refractivity contribution in [3.8, 4) is 5.75 Å². The van der Waals surface area contributed by atoms with E-state index in [2.05, 4.69) is 5.32 Å². The number of amides is 1. The van der Waals surface area contributed by atoms with Gasteiger partial charge in [-0.2, -0.15) is 0 Å². The van der Waals surface area contributed by atoms with Gasteiger partial charge in [-0.05, 0) is 30.5 Å². The van der Waals surface area contributed by atoms with E-state index in [9.17, 15) is 9.59 Å². The lowest BCUT2D eigenvalue weighted by atomic mass is 10.1. The fourth-order valence-corrected chi connectivity index (χ4v) is 1.86. The van der Waals surface area contributed by atoms with Gasteiger partial charge in [0.15, 0.2) is 0 Å². The Labute approximate surface area is 118 Å². The van der Waals surface area contributed by atoms with Gasteiger partial charge in [-0.25, -0.2) is 4.79 Å². The summed E-state index contributed by atoms with van der Waals surface area (Å²) in [6.45, 7) is 1.89. The van der Waals surface area contributed by atoms with Crippen LogP contribution in [0.1, 0.15) is 31.7 Å². The standard InChI is InChI=1S/C15H21NO4/c1-3-4-13(15(18)19)16-14(17)10-7-11-5-8-12(20-2)9-6-11/h5-6,8-9,13H,3-4,7,10H2,1-2H3,(H,16,17)(H,18,19). The number of hydrogen-bond acceptors (Lipinski definition) is 3. The molecule has 0 aliphatic heterocycles. The Bertz CT molecular complexity index is 442. The summed E-state index contributed by atoms with van der Waals surface area (Å²) in [5.74, 6) is -0.446. The Morgan fingerprint density at radius 1 is 1.30 bits per heavy atom. The van der Waals surface area contributed by atoms with Gasteiger partial charge in [-0.15, -0.1) is 0 Å². The van der Waals surface area contributed by atoms with Crippen molar-refractivity contribution in [3.63, 3.8) is 0 Å². The molecule has 20 heavy (non-hydrogen) atoms. The molecule has 1 aromatic carbocycles. The van der Waals surface area contributed by atoms with E-state index in [4.69, 9.17) is 9.84 Å². The molecule has 0 aromatic heterocycles. The van der Waals surface area contributed by atoms with Crippen LogP contribution >= 0.6 is 0 Å². The van der Waals surface area contributed by atoms with Crippen molar-refractivity contribution in [1.29, 1.82) is 0 Å². The Hall–Kier alpha value is -2.04. The summed E-state index contributed by atoms with van der Waals surface area (Å²) in [6.07, 6.45) is 2.02. The molecule has 5 nitrogen and oxygen atoms in total. The first kappa shape index (κ1) is 16.0. The molecule has 110 valence electrons. The van der Waals surface area contributed by atoms with Gasteiger partial charge in [0.2, 0.25) is 5.91 Å². The highest BCUT2D eigenvalue weighted by molar-refractivity contribution is 5.83. The van der Waals surface area contributed by atoms with Gasteiger partial charge >= 0.3 is 5.97 Å². The van der Waals surface area contributed by atoms with Crippen LogP contribution in [-0.4, -0.2) is 30.1 Å². The van der Waals surface area contributed by atoms with E-state index in [0.29, 0.717) is 12.8 Å². The number of aliphatic carboxylic acids is 1. The van der Waals surface area contributed by atoms with Crippen LogP contribution in [-0.2, 0) is 16.0 Å². The topological polar surface area (TPSA) is 75.6 Å². The predicted octanol–water partition coefficient (Wildman–Crippen LogP) is 2.00. The van der Waals surface area contributed by atoms with Crippen molar-refractivity contribution >= 4 is 11.9 Å². The SMILES string of the molecule is CCCC(NC(=O)CCc1ccc(OC)cc1)C(=O)O. The van der Waals surface area contributed by atoms with E-state index in [1.807, 2.05) is 31.2 Å². The van der Waals surface area contributed by atoms with E-state index in [1.165, 1.54) is 0 Å². The highest BCUT2D eigenvalue weighted by Crippen LogP contribution is 2.12. The minimum Gasteiger partial charge on any atom is -0.497 e. The Morgan fingerprint density at radius 3 is 2.45 bits per heavy atom. The third-order valence-electron chi connectivity index (χ3n) is 3.01. The predicted molar refractivity (Wildman–Crippen MR) is 75.8 cm³/mol. The molecule has 0 heterocycles. The number of benzene rings is 1. The minimum absolute atomic E-state index is 0.235. The lowest BCUT2D eigenvalue weighted by Gasteiger charge is -2.13. The third kappa shape index (κ3) is 5.30. The van der Waals surface area contributed by atoms with Gasteiger partial charge in [0.25, 0.3) is 0 Å². The van der Waals surface area contributed by atoms with E-state index < -0.39 is 12.0 Å². The molecule has 1 aromatic rings. The molecular formula is C15H21NO4. The highest BCUT2D eigenvalue weighted by atomic mass is 16.5. The van der Waals surface area contributed by atoms with Gasteiger partial charge in [0.1, 0.15) is 11.8 Å². The van der Waals surface area contributed by atoms with Gasteiger partial charge in [0, 0.05) is 6.42 Å². The number of methoxy groups -OCH3 is 1. The van der Waals surface area contributed by atoms with Gasteiger partial charge in [0.05, 0.1) is 7.11 Å². The van der Waals surface area contributed by atoms with E-state index in [1.54, 1.807) is 7.11 Å². The molecule has 0 aliphatic rings. The highest BCUT2D eigenvalue weighted by Gasteiger charge is 2.18. The van der Waals surface area contributed by atoms with E-state index in [0.717, 1.165) is 17.7 Å². The molecule has 1 rings (SSSR count). The maximum absolute atomic E-state index is 11.7. The quantitative estimate of drug-likeness (QED) is 0.763. The molecule has 0 saturated heterocycles. The van der Waals surface area contributed by atoms with Crippen LogP contribution in [0.25, 0.3) is 0 Å². The van der Waals surface area contributed by atoms with Crippen LogP contribution in [0.2, 0.25) is 0 Å². The Balaban J connectivity index is 2.43. The normalized spacial score (nSPS) is 11.7. The molecule has 0 saturated carbocycles. The molecule has 1 atom stereocenters. The summed E-state index contributed by atoms with van der Waals surface area (Å²) in [7, 11) is 1.60. The Kier molecular flexibility index (Phi) is 6.56. The largest absolute Gasteiger partial charge is 0.497 e. The first-order valence-corrected chi connectivity index (χ1v) is 6.72. The lowest BCUT2D eigenvalue weighted by Crippen LogP contribution is -2.40. The van der Waals surface area contributed by atoms with Gasteiger partial charge < -0.3 is 15.2 Å². The third-order valence-corrected chi connectivity index (χ3v) is 3.01. The number of ether oxygens (including phenoxy) is 1. The van der Waals surface area contributed by atoms with Crippen molar-refractivity contribution in [1.82, 2.24) is 5.32 Å². The summed E-state index contributed by atoms with van der Waals surface area (Å²) in [4.78, 5) is 22.7. The first-order chi connectivity index (χ1) is 9.56. The van der Waals surface area contributed by atoms with E-state index >= 15 is 0 Å². The van der Waals surface area contributed by atoms with Crippen LogP contribution in [0.4, 0.5) is 0 Å². The zero-order chi connectivity index (χ0) is 15.0. The summed E-state index contributed by atoms with van der Waals surface area (Å²) in [5, 5.41) is 11.5. The van der Waals surface area contributed by atoms with Crippen LogP contribution in [0.5, 0.6) is 5.75 Å². The van der Waals surface area contributed by atoms with Crippen LogP contribution < -0.4 is 10.1 Å². The van der Waals surface area contributed by atoms with Gasteiger partial charge in [-0.3, -0.25) is 4.79 Å². The number of carboxylic acid groups (broad SMARTS) is 1. The number of carbonyl (C=O) groups excluding carboxylic acids is 1. The summed E-state index contributed by atoms with van der Waals surface area (Å²) < 4.78 is 5.06. The zero-order valence-corrected chi connectivity index (χ0v) is 11.9.